The topological polar surface area (TPSA) is 80.8 Å². The average molecular weight is 287 g/mol. The molecule has 20 heavy (non-hydrogen) atoms. The van der Waals surface area contributed by atoms with Crippen LogP contribution in [0.3, 0.4) is 0 Å². The second kappa shape index (κ2) is 5.24. The first-order chi connectivity index (χ1) is 9.47. The molecule has 1 heterocycles. The number of halogens is 2. The molecule has 0 aliphatic heterocycles. The van der Waals surface area contributed by atoms with Gasteiger partial charge in [0, 0.05) is 5.39 Å². The summed E-state index contributed by atoms with van der Waals surface area (Å²) in [4.78, 5) is 13.5. The van der Waals surface area contributed by atoms with Gasteiger partial charge in [0.05, 0.1) is 19.7 Å². The molecule has 0 saturated heterocycles. The number of rotatable bonds is 5. The van der Waals surface area contributed by atoms with E-state index in [2.05, 4.69) is 9.72 Å². The van der Waals surface area contributed by atoms with Crippen molar-refractivity contribution in [1.82, 2.24) is 4.98 Å². The zero-order chi connectivity index (χ0) is 14.9. The maximum atomic E-state index is 12.4. The van der Waals surface area contributed by atoms with Crippen molar-refractivity contribution >= 4 is 16.9 Å². The van der Waals surface area contributed by atoms with Gasteiger partial charge in [-0.1, -0.05) is 0 Å². The molecule has 0 saturated carbocycles. The van der Waals surface area contributed by atoms with Gasteiger partial charge >= 0.3 is 12.6 Å². The molecule has 2 rings (SSSR count). The number of ether oxygens (including phenoxy) is 3. The Morgan fingerprint density at radius 1 is 1.25 bits per heavy atom. The molecule has 0 spiro atoms. The van der Waals surface area contributed by atoms with Gasteiger partial charge in [0.25, 0.3) is 0 Å². The van der Waals surface area contributed by atoms with E-state index >= 15 is 0 Å². The molecule has 0 bridgehead atoms. The summed E-state index contributed by atoms with van der Waals surface area (Å²) in [5.74, 6) is -1.51. The van der Waals surface area contributed by atoms with Gasteiger partial charge in [-0.15, -0.1) is 0 Å². The number of methoxy groups -OCH3 is 2. The Morgan fingerprint density at radius 2 is 1.95 bits per heavy atom. The number of aromatic nitrogens is 1. The van der Waals surface area contributed by atoms with E-state index in [9.17, 15) is 13.6 Å². The van der Waals surface area contributed by atoms with Crippen molar-refractivity contribution < 1.29 is 32.9 Å². The van der Waals surface area contributed by atoms with E-state index in [1.807, 2.05) is 0 Å². The van der Waals surface area contributed by atoms with E-state index in [0.717, 1.165) is 0 Å². The van der Waals surface area contributed by atoms with Gasteiger partial charge in [0.15, 0.2) is 11.5 Å². The second-order valence-electron chi connectivity index (χ2n) is 3.77. The number of hydrogen-bond donors (Lipinski definition) is 2. The number of carbonyl (C=O) groups is 1. The molecular formula is C12H11F2NO5. The summed E-state index contributed by atoms with van der Waals surface area (Å²) < 4.78 is 39.3. The van der Waals surface area contributed by atoms with Crippen LogP contribution in [0.25, 0.3) is 10.9 Å². The van der Waals surface area contributed by atoms with Crippen LogP contribution in [-0.2, 0) is 0 Å². The number of fused-ring (bicyclic) bond motifs is 1. The van der Waals surface area contributed by atoms with E-state index in [-0.39, 0.29) is 28.5 Å². The highest BCUT2D eigenvalue weighted by molar-refractivity contribution is 5.98. The third-order valence-corrected chi connectivity index (χ3v) is 2.65. The van der Waals surface area contributed by atoms with Crippen molar-refractivity contribution in [2.24, 2.45) is 0 Å². The van der Waals surface area contributed by atoms with Crippen molar-refractivity contribution in [3.63, 3.8) is 0 Å². The largest absolute Gasteiger partial charge is 0.493 e. The summed E-state index contributed by atoms with van der Waals surface area (Å²) in [5, 5.41) is 9.38. The van der Waals surface area contributed by atoms with Gasteiger partial charge in [-0.2, -0.15) is 8.78 Å². The molecule has 0 radical (unpaired) electrons. The van der Waals surface area contributed by atoms with Gasteiger partial charge < -0.3 is 24.3 Å². The summed E-state index contributed by atoms with van der Waals surface area (Å²) in [6.07, 6.45) is 0. The number of aromatic amines is 1. The molecule has 8 heteroatoms. The Kier molecular flexibility index (Phi) is 3.64. The van der Waals surface area contributed by atoms with Gasteiger partial charge in [-0.3, -0.25) is 0 Å². The molecule has 6 nitrogen and oxygen atoms in total. The summed E-state index contributed by atoms with van der Waals surface area (Å²) in [6, 6.07) is 2.73. The fourth-order valence-electron chi connectivity index (χ4n) is 1.87. The summed E-state index contributed by atoms with van der Waals surface area (Å²) in [5.41, 5.74) is 0.135. The van der Waals surface area contributed by atoms with Crippen LogP contribution in [-0.4, -0.2) is 36.9 Å². The fraction of sp³-hybridized carbons (Fsp3) is 0.250. The number of nitrogens with one attached hydrogen (secondary N) is 1. The SMILES string of the molecule is COc1cc2cc(C(=O)O)[nH]c2c(OC)c1OC(F)F. The maximum Gasteiger partial charge on any atom is 0.387 e. The Hall–Kier alpha value is -2.51. The van der Waals surface area contributed by atoms with Crippen LogP contribution in [0.15, 0.2) is 12.1 Å². The van der Waals surface area contributed by atoms with Crippen LogP contribution in [0.1, 0.15) is 10.5 Å². The average Bonchev–Trinajstić information content (AvgIpc) is 2.81. The minimum Gasteiger partial charge on any atom is -0.493 e. The molecule has 1 aromatic carbocycles. The van der Waals surface area contributed by atoms with Crippen LogP contribution in [0.4, 0.5) is 8.78 Å². The number of carboxylic acids is 1. The second-order valence-corrected chi connectivity index (χ2v) is 3.77. The number of alkyl halides is 2. The Bertz CT molecular complexity index is 653. The highest BCUT2D eigenvalue weighted by Crippen LogP contribution is 2.44. The normalized spacial score (nSPS) is 10.8. The molecule has 0 aliphatic carbocycles. The van der Waals surface area contributed by atoms with Crippen molar-refractivity contribution in [2.45, 2.75) is 6.61 Å². The highest BCUT2D eigenvalue weighted by atomic mass is 19.3. The summed E-state index contributed by atoms with van der Waals surface area (Å²) in [6.45, 7) is -3.07. The van der Waals surface area contributed by atoms with Gasteiger partial charge in [0.1, 0.15) is 5.69 Å². The van der Waals surface area contributed by atoms with Crippen LogP contribution < -0.4 is 14.2 Å². The van der Waals surface area contributed by atoms with Gasteiger partial charge in [-0.05, 0) is 12.1 Å². The van der Waals surface area contributed by atoms with Crippen LogP contribution in [0, 0.1) is 0 Å². The third kappa shape index (κ3) is 2.31. The number of carboxylic acid groups (broad SMARTS) is 1. The molecule has 1 aromatic heterocycles. The Labute approximate surface area is 111 Å². The predicted octanol–water partition coefficient (Wildman–Crippen LogP) is 2.48. The van der Waals surface area contributed by atoms with Crippen LogP contribution in [0.2, 0.25) is 0 Å². The minimum absolute atomic E-state index is 0.0191. The molecule has 2 N–H and O–H groups in total. The van der Waals surface area contributed by atoms with Crippen LogP contribution >= 0.6 is 0 Å². The lowest BCUT2D eigenvalue weighted by atomic mass is 10.2. The van der Waals surface area contributed by atoms with E-state index in [1.165, 1.54) is 26.4 Å². The summed E-state index contributed by atoms with van der Waals surface area (Å²) >= 11 is 0. The van der Waals surface area contributed by atoms with Crippen molar-refractivity contribution in [3.8, 4) is 17.2 Å². The first-order valence-corrected chi connectivity index (χ1v) is 5.43. The maximum absolute atomic E-state index is 12.4. The Balaban J connectivity index is 2.72. The Morgan fingerprint density at radius 3 is 2.45 bits per heavy atom. The molecular weight excluding hydrogens is 276 g/mol. The molecule has 0 aliphatic rings. The quantitative estimate of drug-likeness (QED) is 0.883. The zero-order valence-electron chi connectivity index (χ0n) is 10.6. The monoisotopic (exact) mass is 287 g/mol. The van der Waals surface area contributed by atoms with Crippen LogP contribution in [0.5, 0.6) is 17.2 Å². The fourth-order valence-corrected chi connectivity index (χ4v) is 1.87. The molecule has 0 amide bonds. The number of H-pyrrole nitrogens is 1. The van der Waals surface area contributed by atoms with Crippen molar-refractivity contribution in [3.05, 3.63) is 17.8 Å². The third-order valence-electron chi connectivity index (χ3n) is 2.65. The van der Waals surface area contributed by atoms with Gasteiger partial charge in [0.2, 0.25) is 5.75 Å². The number of benzene rings is 1. The van der Waals surface area contributed by atoms with E-state index in [1.54, 1.807) is 0 Å². The molecule has 0 atom stereocenters. The van der Waals surface area contributed by atoms with Crippen molar-refractivity contribution in [1.29, 1.82) is 0 Å². The van der Waals surface area contributed by atoms with E-state index in [4.69, 9.17) is 14.6 Å². The van der Waals surface area contributed by atoms with E-state index < -0.39 is 12.6 Å². The lowest BCUT2D eigenvalue weighted by Crippen LogP contribution is -2.05. The first-order valence-electron chi connectivity index (χ1n) is 5.43. The number of aromatic carboxylic acids is 1. The smallest absolute Gasteiger partial charge is 0.387 e. The summed E-state index contributed by atoms with van der Waals surface area (Å²) in [7, 11) is 2.54. The van der Waals surface area contributed by atoms with E-state index in [0.29, 0.717) is 5.39 Å². The lowest BCUT2D eigenvalue weighted by molar-refractivity contribution is -0.0524. The highest BCUT2D eigenvalue weighted by Gasteiger charge is 2.22. The van der Waals surface area contributed by atoms with Crippen molar-refractivity contribution in [2.75, 3.05) is 14.2 Å². The van der Waals surface area contributed by atoms with Gasteiger partial charge in [-0.25, -0.2) is 4.79 Å². The predicted molar refractivity (Wildman–Crippen MR) is 65.0 cm³/mol. The molecule has 108 valence electrons. The molecule has 0 fully saturated rings. The minimum atomic E-state index is -3.07. The molecule has 0 unspecified atom stereocenters. The zero-order valence-corrected chi connectivity index (χ0v) is 10.6. The first kappa shape index (κ1) is 13.9. The standard InChI is InChI=1S/C12H11F2NO5/c1-18-7-4-5-3-6(11(16)17)15-8(5)10(19-2)9(7)20-12(13)14/h3-4,12,15H,1-2H3,(H,16,17). The molecule has 2 aromatic rings. The number of hydrogen-bond acceptors (Lipinski definition) is 4. The lowest BCUT2D eigenvalue weighted by Gasteiger charge is -2.14.